The predicted molar refractivity (Wildman–Crippen MR) is 89.0 cm³/mol. The summed E-state index contributed by atoms with van der Waals surface area (Å²) in [5, 5.41) is 3.94. The van der Waals surface area contributed by atoms with Crippen LogP contribution in [0.3, 0.4) is 0 Å². The molecule has 1 aromatic heterocycles. The smallest absolute Gasteiger partial charge is 0.265 e. The number of nitrogens with zero attached hydrogens (tertiary/aromatic N) is 2. The SMILES string of the molecule is CCC1CCCC(NC(=O)c2sc(N(C)CC)nc2N)C1. The highest BCUT2D eigenvalue weighted by molar-refractivity contribution is 7.18. The number of carbonyl (C=O) groups excluding carboxylic acids is 1. The molecule has 1 aromatic rings. The minimum absolute atomic E-state index is 0.0671. The molecule has 2 atom stereocenters. The van der Waals surface area contributed by atoms with Crippen molar-refractivity contribution in [2.45, 2.75) is 52.0 Å². The highest BCUT2D eigenvalue weighted by Crippen LogP contribution is 2.29. The quantitative estimate of drug-likeness (QED) is 0.877. The average molecular weight is 310 g/mol. The van der Waals surface area contributed by atoms with Gasteiger partial charge in [-0.15, -0.1) is 0 Å². The number of carbonyl (C=O) groups is 1. The molecule has 0 bridgehead atoms. The van der Waals surface area contributed by atoms with Gasteiger partial charge in [0.05, 0.1) is 0 Å². The van der Waals surface area contributed by atoms with Crippen molar-refractivity contribution in [3.05, 3.63) is 4.88 Å². The Morgan fingerprint density at radius 1 is 1.48 bits per heavy atom. The molecule has 0 aromatic carbocycles. The number of nitrogens with two attached hydrogens (primary N) is 1. The molecule has 0 saturated heterocycles. The molecule has 6 heteroatoms. The van der Waals surface area contributed by atoms with Crippen LogP contribution in [0.25, 0.3) is 0 Å². The van der Waals surface area contributed by atoms with Crippen LogP contribution in [0.4, 0.5) is 10.9 Å². The lowest BCUT2D eigenvalue weighted by atomic mass is 9.84. The lowest BCUT2D eigenvalue weighted by Crippen LogP contribution is -2.38. The molecule has 0 spiro atoms. The molecular weight excluding hydrogens is 284 g/mol. The second-order valence-electron chi connectivity index (χ2n) is 5.84. The van der Waals surface area contributed by atoms with Crippen LogP contribution in [-0.4, -0.2) is 30.5 Å². The summed E-state index contributed by atoms with van der Waals surface area (Å²) in [7, 11) is 1.95. The Morgan fingerprint density at radius 3 is 2.90 bits per heavy atom. The molecule has 2 rings (SSSR count). The summed E-state index contributed by atoms with van der Waals surface area (Å²) in [6, 6.07) is 0.282. The summed E-state index contributed by atoms with van der Waals surface area (Å²) in [6.45, 7) is 5.11. The molecule has 5 nitrogen and oxygen atoms in total. The van der Waals surface area contributed by atoms with Gasteiger partial charge in [-0.05, 0) is 25.7 Å². The summed E-state index contributed by atoms with van der Waals surface area (Å²) >= 11 is 1.37. The van der Waals surface area contributed by atoms with Crippen LogP contribution in [0.5, 0.6) is 0 Å². The van der Waals surface area contributed by atoms with Gasteiger partial charge in [0.1, 0.15) is 10.7 Å². The number of anilines is 2. The first kappa shape index (κ1) is 16.1. The first-order chi connectivity index (χ1) is 10.0. The van der Waals surface area contributed by atoms with E-state index in [1.54, 1.807) is 0 Å². The van der Waals surface area contributed by atoms with Crippen molar-refractivity contribution in [1.29, 1.82) is 0 Å². The van der Waals surface area contributed by atoms with E-state index in [1.807, 2.05) is 18.9 Å². The number of aromatic nitrogens is 1. The van der Waals surface area contributed by atoms with E-state index in [9.17, 15) is 4.79 Å². The lowest BCUT2D eigenvalue weighted by molar-refractivity contribution is 0.0924. The van der Waals surface area contributed by atoms with E-state index >= 15 is 0 Å². The van der Waals surface area contributed by atoms with Crippen LogP contribution in [0, 0.1) is 5.92 Å². The zero-order valence-electron chi connectivity index (χ0n) is 13.2. The average Bonchev–Trinajstić information content (AvgIpc) is 2.88. The van der Waals surface area contributed by atoms with Crippen molar-refractivity contribution < 1.29 is 4.79 Å². The molecule has 1 saturated carbocycles. The molecule has 2 unspecified atom stereocenters. The van der Waals surface area contributed by atoms with E-state index in [-0.39, 0.29) is 11.9 Å². The number of nitrogen functional groups attached to an aromatic ring is 1. The van der Waals surface area contributed by atoms with Gasteiger partial charge in [-0.2, -0.15) is 0 Å². The summed E-state index contributed by atoms with van der Waals surface area (Å²) in [5.41, 5.74) is 5.91. The second kappa shape index (κ2) is 7.11. The minimum Gasteiger partial charge on any atom is -0.382 e. The molecule has 1 amide bonds. The van der Waals surface area contributed by atoms with Crippen LogP contribution in [0.15, 0.2) is 0 Å². The third-order valence-corrected chi connectivity index (χ3v) is 5.53. The largest absolute Gasteiger partial charge is 0.382 e. The van der Waals surface area contributed by atoms with Crippen LogP contribution in [-0.2, 0) is 0 Å². The number of rotatable bonds is 5. The third kappa shape index (κ3) is 3.87. The van der Waals surface area contributed by atoms with Gasteiger partial charge in [-0.3, -0.25) is 4.79 Å². The fraction of sp³-hybridized carbons (Fsp3) is 0.733. The number of thiazole rings is 1. The van der Waals surface area contributed by atoms with Crippen LogP contribution in [0.1, 0.15) is 55.6 Å². The van der Waals surface area contributed by atoms with Crippen molar-refractivity contribution in [2.24, 2.45) is 5.92 Å². The van der Waals surface area contributed by atoms with Crippen molar-refractivity contribution in [3.8, 4) is 0 Å². The molecule has 1 heterocycles. The van der Waals surface area contributed by atoms with Crippen molar-refractivity contribution in [3.63, 3.8) is 0 Å². The topological polar surface area (TPSA) is 71.2 Å². The molecule has 118 valence electrons. The van der Waals surface area contributed by atoms with Crippen molar-refractivity contribution in [2.75, 3.05) is 24.2 Å². The maximum Gasteiger partial charge on any atom is 0.265 e. The van der Waals surface area contributed by atoms with E-state index in [4.69, 9.17) is 5.73 Å². The third-order valence-electron chi connectivity index (χ3n) is 4.34. The fourth-order valence-corrected chi connectivity index (χ4v) is 3.74. The Bertz CT molecular complexity index is 488. The molecule has 21 heavy (non-hydrogen) atoms. The van der Waals surface area contributed by atoms with E-state index in [0.29, 0.717) is 10.7 Å². The summed E-state index contributed by atoms with van der Waals surface area (Å²) in [6.07, 6.45) is 5.84. The molecule has 1 fully saturated rings. The molecule has 1 aliphatic carbocycles. The van der Waals surface area contributed by atoms with Crippen LogP contribution >= 0.6 is 11.3 Å². The van der Waals surface area contributed by atoms with Crippen LogP contribution < -0.4 is 16.0 Å². The summed E-state index contributed by atoms with van der Waals surface area (Å²) < 4.78 is 0. The Labute approximate surface area is 130 Å². The van der Waals surface area contributed by atoms with E-state index in [1.165, 1.54) is 30.6 Å². The fourth-order valence-electron chi connectivity index (χ4n) is 2.83. The van der Waals surface area contributed by atoms with Gasteiger partial charge < -0.3 is 16.0 Å². The first-order valence-electron chi connectivity index (χ1n) is 7.83. The Kier molecular flexibility index (Phi) is 5.45. The second-order valence-corrected chi connectivity index (χ2v) is 6.81. The maximum atomic E-state index is 12.4. The lowest BCUT2D eigenvalue weighted by Gasteiger charge is -2.28. The highest BCUT2D eigenvalue weighted by Gasteiger charge is 2.25. The summed E-state index contributed by atoms with van der Waals surface area (Å²) in [5.74, 6) is 1.02. The van der Waals surface area contributed by atoms with Gasteiger partial charge in [-0.1, -0.05) is 37.5 Å². The Morgan fingerprint density at radius 2 is 2.24 bits per heavy atom. The van der Waals surface area contributed by atoms with Crippen LogP contribution in [0.2, 0.25) is 0 Å². The standard InChI is InChI=1S/C15H26N4OS/c1-4-10-7-6-8-11(9-10)17-14(20)12-13(16)18-15(21-12)19(3)5-2/h10-11H,4-9,16H2,1-3H3,(H,17,20). The zero-order chi connectivity index (χ0) is 15.4. The van der Waals surface area contributed by atoms with Gasteiger partial charge in [0.2, 0.25) is 0 Å². The molecule has 3 N–H and O–H groups in total. The monoisotopic (exact) mass is 310 g/mol. The number of hydrogen-bond acceptors (Lipinski definition) is 5. The maximum absolute atomic E-state index is 12.4. The van der Waals surface area contributed by atoms with E-state index < -0.39 is 0 Å². The number of nitrogens with one attached hydrogen (secondary N) is 1. The first-order valence-corrected chi connectivity index (χ1v) is 8.65. The van der Waals surface area contributed by atoms with Crippen molar-refractivity contribution in [1.82, 2.24) is 10.3 Å². The molecular formula is C15H26N4OS. The minimum atomic E-state index is -0.0671. The van der Waals surface area contributed by atoms with Gasteiger partial charge in [-0.25, -0.2) is 4.98 Å². The zero-order valence-corrected chi connectivity index (χ0v) is 14.0. The van der Waals surface area contributed by atoms with Gasteiger partial charge in [0, 0.05) is 19.6 Å². The van der Waals surface area contributed by atoms with E-state index in [0.717, 1.165) is 30.4 Å². The summed E-state index contributed by atoms with van der Waals surface area (Å²) in [4.78, 5) is 19.2. The number of hydrogen-bond donors (Lipinski definition) is 2. The van der Waals surface area contributed by atoms with Gasteiger partial charge in [0.15, 0.2) is 5.13 Å². The van der Waals surface area contributed by atoms with Crippen molar-refractivity contribution >= 4 is 28.2 Å². The molecule has 0 aliphatic heterocycles. The van der Waals surface area contributed by atoms with Gasteiger partial charge in [0.25, 0.3) is 5.91 Å². The van der Waals surface area contributed by atoms with E-state index in [2.05, 4.69) is 17.2 Å². The normalized spacial score (nSPS) is 22.0. The van der Waals surface area contributed by atoms with Gasteiger partial charge >= 0.3 is 0 Å². The number of amides is 1. The molecule has 0 radical (unpaired) electrons. The molecule has 1 aliphatic rings. The Balaban J connectivity index is 2.01. The highest BCUT2D eigenvalue weighted by atomic mass is 32.1. The predicted octanol–water partition coefficient (Wildman–Crippen LogP) is 2.88. The Hall–Kier alpha value is -1.30.